The van der Waals surface area contributed by atoms with E-state index >= 15 is 0 Å². The highest BCUT2D eigenvalue weighted by molar-refractivity contribution is 5.94. The number of amides is 5. The SMILES string of the molecule is CC(C)CC(NC(=O)C(N)Cc1ccc(O)cc1)C(=O)NC(CCC(N)=O)C(=O)NC(CCC(N)=O)C(=O)O. The van der Waals surface area contributed by atoms with E-state index in [0.717, 1.165) is 0 Å². The molecule has 5 amide bonds. The molecule has 0 aliphatic rings. The minimum absolute atomic E-state index is 0.0579. The molecule has 11 N–H and O–H groups in total. The summed E-state index contributed by atoms with van der Waals surface area (Å²) in [5, 5.41) is 26.1. The molecule has 0 aliphatic heterocycles. The van der Waals surface area contributed by atoms with Crippen molar-refractivity contribution >= 4 is 35.5 Å². The molecule has 1 aromatic rings. The summed E-state index contributed by atoms with van der Waals surface area (Å²) in [5.41, 5.74) is 16.9. The predicted octanol–water partition coefficient (Wildman–Crippen LogP) is -1.62. The maximum Gasteiger partial charge on any atom is 0.326 e. The van der Waals surface area contributed by atoms with Crippen molar-refractivity contribution < 1.29 is 39.0 Å². The van der Waals surface area contributed by atoms with E-state index in [1.807, 2.05) is 13.8 Å². The second-order valence-electron chi connectivity index (χ2n) is 9.64. The molecule has 0 spiro atoms. The van der Waals surface area contributed by atoms with Gasteiger partial charge < -0.3 is 43.4 Å². The van der Waals surface area contributed by atoms with Crippen LogP contribution in [0.15, 0.2) is 24.3 Å². The number of carboxylic acid groups (broad SMARTS) is 1. The standard InChI is InChI=1S/C25H38N6O8/c1-13(2)11-19(31-22(35)16(26)12-14-3-5-15(32)6-4-14)24(37)29-17(7-9-20(27)33)23(36)30-18(25(38)39)8-10-21(28)34/h3-6,13,16-19,32H,7-12,26H2,1-2H3,(H2,27,33)(H2,28,34)(H,29,37)(H,30,36)(H,31,35)(H,38,39). The second-order valence-corrected chi connectivity index (χ2v) is 9.64. The Morgan fingerprint density at radius 1 is 0.769 bits per heavy atom. The van der Waals surface area contributed by atoms with Crippen LogP contribution in [0.25, 0.3) is 0 Å². The van der Waals surface area contributed by atoms with Crippen LogP contribution in [-0.4, -0.2) is 69.9 Å². The molecule has 216 valence electrons. The number of carboxylic acids is 1. The average molecular weight is 551 g/mol. The van der Waals surface area contributed by atoms with Gasteiger partial charge in [-0.3, -0.25) is 24.0 Å². The normalized spacial score (nSPS) is 13.9. The van der Waals surface area contributed by atoms with Gasteiger partial charge in [0, 0.05) is 12.8 Å². The van der Waals surface area contributed by atoms with Gasteiger partial charge >= 0.3 is 5.97 Å². The monoisotopic (exact) mass is 550 g/mol. The van der Waals surface area contributed by atoms with Crippen LogP contribution in [-0.2, 0) is 35.2 Å². The van der Waals surface area contributed by atoms with E-state index in [9.17, 15) is 39.0 Å². The number of nitrogens with two attached hydrogens (primary N) is 3. The van der Waals surface area contributed by atoms with Gasteiger partial charge in [-0.05, 0) is 49.3 Å². The molecule has 0 aliphatic carbocycles. The van der Waals surface area contributed by atoms with Crippen LogP contribution in [0.2, 0.25) is 0 Å². The smallest absolute Gasteiger partial charge is 0.326 e. The zero-order chi connectivity index (χ0) is 29.7. The van der Waals surface area contributed by atoms with Crippen molar-refractivity contribution in [1.82, 2.24) is 16.0 Å². The Hall–Kier alpha value is -4.20. The fourth-order valence-electron chi connectivity index (χ4n) is 3.60. The third-order valence-corrected chi connectivity index (χ3v) is 5.68. The van der Waals surface area contributed by atoms with E-state index in [1.165, 1.54) is 12.1 Å². The van der Waals surface area contributed by atoms with Gasteiger partial charge in [-0.1, -0.05) is 26.0 Å². The quantitative estimate of drug-likeness (QED) is 0.111. The van der Waals surface area contributed by atoms with Crippen molar-refractivity contribution in [2.24, 2.45) is 23.1 Å². The van der Waals surface area contributed by atoms with Crippen molar-refractivity contribution in [3.8, 4) is 5.75 Å². The van der Waals surface area contributed by atoms with Crippen LogP contribution in [0.1, 0.15) is 51.5 Å². The zero-order valence-corrected chi connectivity index (χ0v) is 22.0. The number of hydrogen-bond acceptors (Lipinski definition) is 8. The van der Waals surface area contributed by atoms with Gasteiger partial charge in [0.15, 0.2) is 0 Å². The minimum atomic E-state index is -1.47. The minimum Gasteiger partial charge on any atom is -0.508 e. The molecule has 39 heavy (non-hydrogen) atoms. The van der Waals surface area contributed by atoms with Gasteiger partial charge in [-0.15, -0.1) is 0 Å². The summed E-state index contributed by atoms with van der Waals surface area (Å²) in [6.45, 7) is 3.63. The lowest BCUT2D eigenvalue weighted by Gasteiger charge is -2.26. The Balaban J connectivity index is 3.00. The molecule has 1 aromatic carbocycles. The molecule has 4 atom stereocenters. The molecule has 14 heteroatoms. The molecule has 0 aromatic heterocycles. The number of nitrogens with one attached hydrogen (secondary N) is 3. The maximum atomic E-state index is 13.2. The largest absolute Gasteiger partial charge is 0.508 e. The van der Waals surface area contributed by atoms with Crippen LogP contribution < -0.4 is 33.2 Å². The van der Waals surface area contributed by atoms with E-state index < -0.39 is 59.7 Å². The van der Waals surface area contributed by atoms with Crippen molar-refractivity contribution in [1.29, 1.82) is 0 Å². The van der Waals surface area contributed by atoms with Gasteiger partial charge in [0.25, 0.3) is 0 Å². The Kier molecular flexibility index (Phi) is 13.4. The summed E-state index contributed by atoms with van der Waals surface area (Å²) in [5.74, 6) is -5.22. The van der Waals surface area contributed by atoms with E-state index in [0.29, 0.717) is 5.56 Å². The summed E-state index contributed by atoms with van der Waals surface area (Å²) < 4.78 is 0. The summed E-state index contributed by atoms with van der Waals surface area (Å²) in [6.07, 6.45) is -0.800. The Morgan fingerprint density at radius 2 is 1.23 bits per heavy atom. The van der Waals surface area contributed by atoms with Gasteiger partial charge in [0.2, 0.25) is 29.5 Å². The van der Waals surface area contributed by atoms with Crippen LogP contribution in [0.3, 0.4) is 0 Å². The predicted molar refractivity (Wildman–Crippen MR) is 140 cm³/mol. The fraction of sp³-hybridized carbons (Fsp3) is 0.520. The van der Waals surface area contributed by atoms with Gasteiger partial charge in [0.1, 0.15) is 23.9 Å². The van der Waals surface area contributed by atoms with Crippen LogP contribution in [0, 0.1) is 5.92 Å². The molecule has 0 radical (unpaired) electrons. The lowest BCUT2D eigenvalue weighted by Crippen LogP contribution is -2.57. The number of benzene rings is 1. The van der Waals surface area contributed by atoms with E-state index in [2.05, 4.69) is 16.0 Å². The van der Waals surface area contributed by atoms with Crippen molar-refractivity contribution in [2.75, 3.05) is 0 Å². The summed E-state index contributed by atoms with van der Waals surface area (Å²) in [7, 11) is 0. The van der Waals surface area contributed by atoms with Crippen LogP contribution in [0.5, 0.6) is 5.75 Å². The fourth-order valence-corrected chi connectivity index (χ4v) is 3.60. The number of aromatic hydroxyl groups is 1. The molecule has 0 bridgehead atoms. The number of carbonyl (C=O) groups is 6. The average Bonchev–Trinajstić information content (AvgIpc) is 2.84. The Morgan fingerprint density at radius 3 is 1.72 bits per heavy atom. The number of carbonyl (C=O) groups excluding carboxylic acids is 5. The first-order chi connectivity index (χ1) is 18.2. The topological polar surface area (TPSA) is 257 Å². The molecule has 0 saturated carbocycles. The number of phenolic OH excluding ortho intramolecular Hbond substituents is 1. The molecular formula is C25H38N6O8. The summed E-state index contributed by atoms with van der Waals surface area (Å²) >= 11 is 0. The molecule has 1 rings (SSSR count). The molecule has 0 saturated heterocycles. The van der Waals surface area contributed by atoms with Gasteiger partial charge in [0.05, 0.1) is 6.04 Å². The zero-order valence-electron chi connectivity index (χ0n) is 22.0. The molecular weight excluding hydrogens is 512 g/mol. The Bertz CT molecular complexity index is 1030. The van der Waals surface area contributed by atoms with E-state index in [4.69, 9.17) is 17.2 Å². The van der Waals surface area contributed by atoms with Crippen molar-refractivity contribution in [3.63, 3.8) is 0 Å². The van der Waals surface area contributed by atoms with Gasteiger partial charge in [-0.25, -0.2) is 4.79 Å². The van der Waals surface area contributed by atoms with Gasteiger partial charge in [-0.2, -0.15) is 0 Å². The summed E-state index contributed by atoms with van der Waals surface area (Å²) in [6, 6.07) is 1.17. The third-order valence-electron chi connectivity index (χ3n) is 5.68. The molecule has 0 heterocycles. The molecule has 14 nitrogen and oxygen atoms in total. The highest BCUT2D eigenvalue weighted by Crippen LogP contribution is 2.12. The third kappa shape index (κ3) is 12.7. The number of phenols is 1. The summed E-state index contributed by atoms with van der Waals surface area (Å²) in [4.78, 5) is 72.7. The van der Waals surface area contributed by atoms with Crippen molar-refractivity contribution in [3.05, 3.63) is 29.8 Å². The first-order valence-electron chi connectivity index (χ1n) is 12.4. The highest BCUT2D eigenvalue weighted by Gasteiger charge is 2.31. The number of rotatable bonds is 17. The lowest BCUT2D eigenvalue weighted by molar-refractivity contribution is -0.142. The second kappa shape index (κ2) is 15.9. The number of aliphatic carboxylic acids is 1. The first-order valence-corrected chi connectivity index (χ1v) is 12.4. The van der Waals surface area contributed by atoms with Crippen molar-refractivity contribution in [2.45, 2.75) is 76.5 Å². The van der Waals surface area contributed by atoms with Crippen LogP contribution in [0.4, 0.5) is 0 Å². The lowest BCUT2D eigenvalue weighted by atomic mass is 10.0. The van der Waals surface area contributed by atoms with E-state index in [1.54, 1.807) is 12.1 Å². The Labute approximate surface area is 226 Å². The van der Waals surface area contributed by atoms with Crippen LogP contribution >= 0.6 is 0 Å². The van der Waals surface area contributed by atoms with E-state index in [-0.39, 0.29) is 50.2 Å². The maximum absolute atomic E-state index is 13.2. The first kappa shape index (κ1) is 32.8. The highest BCUT2D eigenvalue weighted by atomic mass is 16.4. The number of hydrogen-bond donors (Lipinski definition) is 8. The number of primary amides is 2. The molecule has 0 fully saturated rings. The molecule has 4 unspecified atom stereocenters.